The third-order valence-corrected chi connectivity index (χ3v) is 4.19. The molecule has 28 heavy (non-hydrogen) atoms. The molecule has 0 radical (unpaired) electrons. The normalized spacial score (nSPS) is 10.6. The van der Waals surface area contributed by atoms with E-state index in [1.54, 1.807) is 54.9 Å². The first-order valence-corrected chi connectivity index (χ1v) is 8.59. The van der Waals surface area contributed by atoms with E-state index in [1.807, 2.05) is 13.0 Å². The SMILES string of the molecule is Cc1cc(Oc2ncccn2)ccc1NC(=O)c1cc(=O)[nH]c2ccccc12. The Kier molecular flexibility index (Phi) is 4.55. The van der Waals surface area contributed by atoms with Crippen LogP contribution in [0.1, 0.15) is 15.9 Å². The monoisotopic (exact) mass is 372 g/mol. The second-order valence-electron chi connectivity index (χ2n) is 6.16. The summed E-state index contributed by atoms with van der Waals surface area (Å²) in [6.07, 6.45) is 3.19. The van der Waals surface area contributed by atoms with E-state index >= 15 is 0 Å². The fourth-order valence-electron chi connectivity index (χ4n) is 2.87. The molecule has 0 spiro atoms. The Bertz CT molecular complexity index is 1220. The maximum atomic E-state index is 12.8. The van der Waals surface area contributed by atoms with Crippen LogP contribution in [0, 0.1) is 6.92 Å². The van der Waals surface area contributed by atoms with Crippen LogP contribution in [0.4, 0.5) is 5.69 Å². The molecular weight excluding hydrogens is 356 g/mol. The number of benzene rings is 2. The highest BCUT2D eigenvalue weighted by Crippen LogP contribution is 2.25. The Morgan fingerprint density at radius 1 is 1.04 bits per heavy atom. The van der Waals surface area contributed by atoms with Crippen molar-refractivity contribution in [1.29, 1.82) is 0 Å². The molecule has 1 amide bonds. The van der Waals surface area contributed by atoms with Crippen molar-refractivity contribution in [2.75, 3.05) is 5.32 Å². The van der Waals surface area contributed by atoms with E-state index in [9.17, 15) is 9.59 Å². The van der Waals surface area contributed by atoms with E-state index in [1.165, 1.54) is 6.07 Å². The molecule has 0 unspecified atom stereocenters. The van der Waals surface area contributed by atoms with Gasteiger partial charge in [-0.05, 0) is 42.8 Å². The zero-order chi connectivity index (χ0) is 19.5. The van der Waals surface area contributed by atoms with Crippen LogP contribution in [0.3, 0.4) is 0 Å². The predicted molar refractivity (Wildman–Crippen MR) is 106 cm³/mol. The van der Waals surface area contributed by atoms with Crippen molar-refractivity contribution in [2.45, 2.75) is 6.92 Å². The summed E-state index contributed by atoms with van der Waals surface area (Å²) in [7, 11) is 0. The van der Waals surface area contributed by atoms with Crippen LogP contribution in [0.15, 0.2) is 71.8 Å². The molecule has 2 N–H and O–H groups in total. The van der Waals surface area contributed by atoms with Crippen molar-refractivity contribution < 1.29 is 9.53 Å². The first-order chi connectivity index (χ1) is 13.6. The molecule has 0 saturated heterocycles. The van der Waals surface area contributed by atoms with Crippen LogP contribution in [0.2, 0.25) is 0 Å². The first-order valence-electron chi connectivity index (χ1n) is 8.59. The van der Waals surface area contributed by atoms with E-state index in [4.69, 9.17) is 4.74 Å². The minimum Gasteiger partial charge on any atom is -0.424 e. The van der Waals surface area contributed by atoms with Gasteiger partial charge in [0.15, 0.2) is 0 Å². The maximum absolute atomic E-state index is 12.8. The van der Waals surface area contributed by atoms with Gasteiger partial charge in [0, 0.05) is 35.1 Å². The van der Waals surface area contributed by atoms with Gasteiger partial charge in [0.2, 0.25) is 5.56 Å². The fourth-order valence-corrected chi connectivity index (χ4v) is 2.87. The minimum absolute atomic E-state index is 0.244. The molecule has 2 aromatic heterocycles. The zero-order valence-corrected chi connectivity index (χ0v) is 15.0. The molecule has 4 rings (SSSR count). The first kappa shape index (κ1) is 17.4. The smallest absolute Gasteiger partial charge is 0.321 e. The number of amides is 1. The average Bonchev–Trinajstić information content (AvgIpc) is 2.70. The maximum Gasteiger partial charge on any atom is 0.321 e. The predicted octanol–water partition coefficient (Wildman–Crippen LogP) is 3.67. The van der Waals surface area contributed by atoms with E-state index < -0.39 is 0 Å². The second-order valence-corrected chi connectivity index (χ2v) is 6.16. The molecule has 2 heterocycles. The van der Waals surface area contributed by atoms with Gasteiger partial charge in [-0.15, -0.1) is 0 Å². The topological polar surface area (TPSA) is 97.0 Å². The average molecular weight is 372 g/mol. The third-order valence-electron chi connectivity index (χ3n) is 4.19. The molecule has 0 aliphatic rings. The van der Waals surface area contributed by atoms with Crippen LogP contribution in [0.25, 0.3) is 10.9 Å². The lowest BCUT2D eigenvalue weighted by Gasteiger charge is -2.11. The van der Waals surface area contributed by atoms with E-state index in [0.717, 1.165) is 5.56 Å². The summed E-state index contributed by atoms with van der Waals surface area (Å²) in [6, 6.07) is 15.7. The van der Waals surface area contributed by atoms with Gasteiger partial charge in [-0.1, -0.05) is 18.2 Å². The van der Waals surface area contributed by atoms with Gasteiger partial charge in [-0.3, -0.25) is 9.59 Å². The lowest BCUT2D eigenvalue weighted by Crippen LogP contribution is -2.17. The number of rotatable bonds is 4. The van der Waals surface area contributed by atoms with Crippen molar-refractivity contribution in [2.24, 2.45) is 0 Å². The standard InChI is InChI=1S/C21H16N4O3/c1-13-11-14(28-21-22-9-4-10-23-21)7-8-17(13)25-20(27)16-12-19(26)24-18-6-3-2-5-15(16)18/h2-12H,1H3,(H,24,26)(H,25,27). The van der Waals surface area contributed by atoms with Crippen molar-refractivity contribution in [3.63, 3.8) is 0 Å². The fraction of sp³-hybridized carbons (Fsp3) is 0.0476. The highest BCUT2D eigenvalue weighted by molar-refractivity contribution is 6.12. The Balaban J connectivity index is 1.59. The number of hydrogen-bond donors (Lipinski definition) is 2. The van der Waals surface area contributed by atoms with Gasteiger partial charge < -0.3 is 15.0 Å². The lowest BCUT2D eigenvalue weighted by atomic mass is 10.1. The number of aromatic nitrogens is 3. The number of aromatic amines is 1. The summed E-state index contributed by atoms with van der Waals surface area (Å²) in [5.74, 6) is 0.203. The Morgan fingerprint density at radius 2 is 1.82 bits per heavy atom. The molecular formula is C21H16N4O3. The minimum atomic E-state index is -0.356. The van der Waals surface area contributed by atoms with Crippen molar-refractivity contribution in [3.05, 3.63) is 88.5 Å². The van der Waals surface area contributed by atoms with Crippen LogP contribution < -0.4 is 15.6 Å². The lowest BCUT2D eigenvalue weighted by molar-refractivity contribution is 0.102. The van der Waals surface area contributed by atoms with Crippen LogP contribution >= 0.6 is 0 Å². The molecule has 4 aromatic rings. The number of anilines is 1. The number of nitrogens with zero attached hydrogens (tertiary/aromatic N) is 2. The second kappa shape index (κ2) is 7.32. The van der Waals surface area contributed by atoms with Crippen LogP contribution in [-0.4, -0.2) is 20.9 Å². The third kappa shape index (κ3) is 3.59. The van der Waals surface area contributed by atoms with Gasteiger partial charge >= 0.3 is 6.01 Å². The summed E-state index contributed by atoms with van der Waals surface area (Å²) in [4.78, 5) is 35.4. The Hall–Kier alpha value is -4.00. The molecule has 138 valence electrons. The van der Waals surface area contributed by atoms with Gasteiger partial charge in [0.1, 0.15) is 5.75 Å². The number of aryl methyl sites for hydroxylation is 1. The summed E-state index contributed by atoms with van der Waals surface area (Å²) >= 11 is 0. The number of nitrogens with one attached hydrogen (secondary N) is 2. The molecule has 0 atom stereocenters. The van der Waals surface area contributed by atoms with Gasteiger partial charge in [-0.2, -0.15) is 0 Å². The number of ether oxygens (including phenoxy) is 1. The van der Waals surface area contributed by atoms with Gasteiger partial charge in [-0.25, -0.2) is 9.97 Å². The largest absolute Gasteiger partial charge is 0.424 e. The van der Waals surface area contributed by atoms with Crippen LogP contribution in [-0.2, 0) is 0 Å². The molecule has 0 aliphatic heterocycles. The van der Waals surface area contributed by atoms with Crippen molar-refractivity contribution in [1.82, 2.24) is 15.0 Å². The molecule has 0 bridgehead atoms. The molecule has 7 nitrogen and oxygen atoms in total. The number of hydrogen-bond acceptors (Lipinski definition) is 5. The summed E-state index contributed by atoms with van der Waals surface area (Å²) in [5.41, 5.74) is 2.03. The molecule has 0 saturated carbocycles. The molecule has 7 heteroatoms. The number of para-hydroxylation sites is 1. The highest BCUT2D eigenvalue weighted by Gasteiger charge is 2.13. The molecule has 0 aliphatic carbocycles. The molecule has 2 aromatic carbocycles. The highest BCUT2D eigenvalue weighted by atomic mass is 16.5. The number of H-pyrrole nitrogens is 1. The number of carbonyl (C=O) groups excluding carboxylic acids is 1. The molecule has 0 fully saturated rings. The van der Waals surface area contributed by atoms with Crippen LogP contribution in [0.5, 0.6) is 11.8 Å². The quantitative estimate of drug-likeness (QED) is 0.570. The Morgan fingerprint density at radius 3 is 2.61 bits per heavy atom. The summed E-state index contributed by atoms with van der Waals surface area (Å²) < 4.78 is 5.60. The Labute approximate surface area is 160 Å². The van der Waals surface area contributed by atoms with Gasteiger partial charge in [0.05, 0.1) is 5.56 Å². The number of fused-ring (bicyclic) bond motifs is 1. The zero-order valence-electron chi connectivity index (χ0n) is 15.0. The van der Waals surface area contributed by atoms with E-state index in [-0.39, 0.29) is 17.5 Å². The van der Waals surface area contributed by atoms with Gasteiger partial charge in [0.25, 0.3) is 5.91 Å². The summed E-state index contributed by atoms with van der Waals surface area (Å²) in [6.45, 7) is 1.85. The van der Waals surface area contributed by atoms with E-state index in [2.05, 4.69) is 20.3 Å². The number of carbonyl (C=O) groups is 1. The van der Waals surface area contributed by atoms with Crippen molar-refractivity contribution in [3.8, 4) is 11.8 Å². The van der Waals surface area contributed by atoms with E-state index in [0.29, 0.717) is 27.9 Å². The number of pyridine rings is 1. The van der Waals surface area contributed by atoms with Crippen molar-refractivity contribution >= 4 is 22.5 Å². The summed E-state index contributed by atoms with van der Waals surface area (Å²) in [5, 5.41) is 3.54.